The summed E-state index contributed by atoms with van der Waals surface area (Å²) in [6.45, 7) is -2.65. The van der Waals surface area contributed by atoms with Crippen LogP contribution in [-0.4, -0.2) is 115 Å². The van der Waals surface area contributed by atoms with Crippen molar-refractivity contribution in [2.24, 2.45) is 0 Å². The standard InChI is InChI=1S/C12H22O11/c13-1-4(16)7(17)8(18)5(2-14)22-12-11(21)10(20)9(19)6(3-15)23-12/h5-15,17-21H,1-3H2/t5-,6-,7-,8-,9-,10+,11-,12+/m1/s1. The molecule has 0 unspecified atom stereocenters. The normalized spacial score (nSPS) is 35.6. The molecular formula is C12H22O11. The van der Waals surface area contributed by atoms with Crippen molar-refractivity contribution in [3.8, 4) is 0 Å². The lowest BCUT2D eigenvalue weighted by atomic mass is 9.99. The van der Waals surface area contributed by atoms with Gasteiger partial charge in [-0.25, -0.2) is 0 Å². The topological polar surface area (TPSA) is 197 Å². The van der Waals surface area contributed by atoms with Gasteiger partial charge < -0.3 is 50.3 Å². The number of ether oxygens (including phenoxy) is 2. The van der Waals surface area contributed by atoms with Crippen molar-refractivity contribution < 1.29 is 55.1 Å². The van der Waals surface area contributed by atoms with Crippen LogP contribution in [0.4, 0.5) is 0 Å². The Balaban J connectivity index is 2.79. The summed E-state index contributed by atoms with van der Waals surface area (Å²) >= 11 is 0. The van der Waals surface area contributed by atoms with E-state index in [4.69, 9.17) is 19.7 Å². The first-order valence-corrected chi connectivity index (χ1v) is 6.85. The molecule has 8 N–H and O–H groups in total. The molecule has 1 rings (SSSR count). The predicted molar refractivity (Wildman–Crippen MR) is 69.8 cm³/mol. The number of aliphatic hydroxyl groups is 8. The van der Waals surface area contributed by atoms with Crippen LogP contribution in [0.5, 0.6) is 0 Å². The van der Waals surface area contributed by atoms with Gasteiger partial charge in [-0.2, -0.15) is 0 Å². The van der Waals surface area contributed by atoms with Crippen LogP contribution in [0.2, 0.25) is 0 Å². The minimum Gasteiger partial charge on any atom is -0.394 e. The average Bonchev–Trinajstić information content (AvgIpc) is 2.57. The van der Waals surface area contributed by atoms with Gasteiger partial charge in [0.05, 0.1) is 13.2 Å². The number of hydrogen-bond acceptors (Lipinski definition) is 11. The van der Waals surface area contributed by atoms with Gasteiger partial charge in [-0.1, -0.05) is 0 Å². The molecule has 8 atom stereocenters. The van der Waals surface area contributed by atoms with E-state index in [1.54, 1.807) is 0 Å². The van der Waals surface area contributed by atoms with Crippen LogP contribution in [0.1, 0.15) is 0 Å². The van der Waals surface area contributed by atoms with Crippen molar-refractivity contribution in [2.75, 3.05) is 19.8 Å². The molecule has 0 aromatic rings. The molecule has 1 aliphatic heterocycles. The number of rotatable bonds is 8. The molecule has 0 bridgehead atoms. The second-order valence-corrected chi connectivity index (χ2v) is 5.11. The fourth-order valence-electron chi connectivity index (χ4n) is 2.07. The summed E-state index contributed by atoms with van der Waals surface area (Å²) in [5.74, 6) is -1.12. The van der Waals surface area contributed by atoms with Crippen molar-refractivity contribution in [1.82, 2.24) is 0 Å². The second-order valence-electron chi connectivity index (χ2n) is 5.11. The highest BCUT2D eigenvalue weighted by Crippen LogP contribution is 2.23. The highest BCUT2D eigenvalue weighted by molar-refractivity contribution is 5.84. The number of ketones is 1. The van der Waals surface area contributed by atoms with E-state index in [2.05, 4.69) is 0 Å². The van der Waals surface area contributed by atoms with Gasteiger partial charge in [0, 0.05) is 0 Å². The Labute approximate surface area is 130 Å². The summed E-state index contributed by atoms with van der Waals surface area (Å²) in [4.78, 5) is 11.1. The number of aliphatic hydroxyl groups excluding tert-OH is 8. The van der Waals surface area contributed by atoms with Gasteiger partial charge in [0.15, 0.2) is 12.1 Å². The van der Waals surface area contributed by atoms with Gasteiger partial charge in [-0.15, -0.1) is 0 Å². The number of carbonyl (C=O) groups is 1. The van der Waals surface area contributed by atoms with Gasteiger partial charge in [0.2, 0.25) is 0 Å². The van der Waals surface area contributed by atoms with Crippen LogP contribution < -0.4 is 0 Å². The van der Waals surface area contributed by atoms with Gasteiger partial charge in [0.1, 0.15) is 49.3 Å². The van der Waals surface area contributed by atoms with E-state index >= 15 is 0 Å². The Bertz CT molecular complexity index is 376. The Hall–Kier alpha value is -0.730. The summed E-state index contributed by atoms with van der Waals surface area (Å²) in [5.41, 5.74) is 0. The Morgan fingerprint density at radius 1 is 1.04 bits per heavy atom. The highest BCUT2D eigenvalue weighted by Gasteiger charge is 2.46. The van der Waals surface area contributed by atoms with E-state index < -0.39 is 74.6 Å². The largest absolute Gasteiger partial charge is 0.394 e. The third-order valence-electron chi connectivity index (χ3n) is 3.53. The van der Waals surface area contributed by atoms with E-state index in [9.17, 15) is 35.4 Å². The number of Topliss-reactive ketones (excluding diaryl/α,β-unsaturated/α-hetero) is 1. The maximum atomic E-state index is 11.1. The SMILES string of the molecule is O=C(CO)[C@@H](O)[C@H](O)[C@@H](CO)O[C@H]1O[C@H](CO)[C@@H](O)[C@H](O)[C@H]1O. The van der Waals surface area contributed by atoms with Crippen LogP contribution in [-0.2, 0) is 14.3 Å². The lowest BCUT2D eigenvalue weighted by Gasteiger charge is -2.41. The highest BCUT2D eigenvalue weighted by atomic mass is 16.7. The molecule has 1 heterocycles. The first-order valence-electron chi connectivity index (χ1n) is 6.85. The van der Waals surface area contributed by atoms with E-state index in [-0.39, 0.29) is 0 Å². The van der Waals surface area contributed by atoms with Crippen LogP contribution in [0, 0.1) is 0 Å². The molecule has 0 aromatic carbocycles. The van der Waals surface area contributed by atoms with Gasteiger partial charge in [-0.3, -0.25) is 4.79 Å². The zero-order valence-corrected chi connectivity index (χ0v) is 12.0. The van der Waals surface area contributed by atoms with Crippen LogP contribution >= 0.6 is 0 Å². The van der Waals surface area contributed by atoms with E-state index in [0.29, 0.717) is 0 Å². The van der Waals surface area contributed by atoms with Crippen molar-refractivity contribution in [1.29, 1.82) is 0 Å². The summed E-state index contributed by atoms with van der Waals surface area (Å²) in [6.07, 6.45) is -13.7. The maximum absolute atomic E-state index is 11.1. The summed E-state index contributed by atoms with van der Waals surface area (Å²) in [6, 6.07) is 0. The van der Waals surface area contributed by atoms with Crippen molar-refractivity contribution in [3.63, 3.8) is 0 Å². The molecule has 1 fully saturated rings. The molecule has 0 aliphatic carbocycles. The van der Waals surface area contributed by atoms with E-state index in [1.807, 2.05) is 0 Å². The van der Waals surface area contributed by atoms with Crippen LogP contribution in [0.3, 0.4) is 0 Å². The number of hydrogen-bond donors (Lipinski definition) is 8. The van der Waals surface area contributed by atoms with E-state index in [1.165, 1.54) is 0 Å². The lowest BCUT2D eigenvalue weighted by molar-refractivity contribution is -0.321. The van der Waals surface area contributed by atoms with Crippen molar-refractivity contribution in [3.05, 3.63) is 0 Å². The average molecular weight is 342 g/mol. The third kappa shape index (κ3) is 4.64. The first kappa shape index (κ1) is 20.3. The second kappa shape index (κ2) is 8.94. The molecule has 1 aliphatic rings. The fourth-order valence-corrected chi connectivity index (χ4v) is 2.07. The third-order valence-corrected chi connectivity index (χ3v) is 3.53. The Morgan fingerprint density at radius 2 is 1.65 bits per heavy atom. The molecule has 136 valence electrons. The number of carbonyl (C=O) groups excluding carboxylic acids is 1. The quantitative estimate of drug-likeness (QED) is 0.209. The molecule has 23 heavy (non-hydrogen) atoms. The van der Waals surface area contributed by atoms with Crippen LogP contribution in [0.25, 0.3) is 0 Å². The zero-order valence-electron chi connectivity index (χ0n) is 12.0. The molecule has 0 radical (unpaired) electrons. The van der Waals surface area contributed by atoms with Crippen molar-refractivity contribution in [2.45, 2.75) is 49.0 Å². The smallest absolute Gasteiger partial charge is 0.189 e. The Kier molecular flexibility index (Phi) is 7.89. The van der Waals surface area contributed by atoms with Gasteiger partial charge in [0.25, 0.3) is 0 Å². The molecule has 1 saturated heterocycles. The molecule has 11 heteroatoms. The van der Waals surface area contributed by atoms with Gasteiger partial charge in [-0.05, 0) is 0 Å². The minimum atomic E-state index is -2.05. The molecule has 0 spiro atoms. The molecule has 11 nitrogen and oxygen atoms in total. The summed E-state index contributed by atoms with van der Waals surface area (Å²) in [5, 5.41) is 75.1. The van der Waals surface area contributed by atoms with Crippen LogP contribution in [0.15, 0.2) is 0 Å². The van der Waals surface area contributed by atoms with Crippen molar-refractivity contribution >= 4 is 5.78 Å². The van der Waals surface area contributed by atoms with E-state index in [0.717, 1.165) is 0 Å². The molecule has 0 aromatic heterocycles. The molecular weight excluding hydrogens is 320 g/mol. The monoisotopic (exact) mass is 342 g/mol. The van der Waals surface area contributed by atoms with Gasteiger partial charge >= 0.3 is 0 Å². The summed E-state index contributed by atoms with van der Waals surface area (Å²) in [7, 11) is 0. The Morgan fingerprint density at radius 3 is 2.13 bits per heavy atom. The predicted octanol–water partition coefficient (Wildman–Crippen LogP) is -5.55. The zero-order chi connectivity index (χ0) is 17.7. The molecule has 0 saturated carbocycles. The summed E-state index contributed by atoms with van der Waals surface area (Å²) < 4.78 is 10.0. The maximum Gasteiger partial charge on any atom is 0.189 e. The molecule has 0 amide bonds. The fraction of sp³-hybridized carbons (Fsp3) is 0.917. The lowest BCUT2D eigenvalue weighted by Crippen LogP contribution is -2.61. The minimum absolute atomic E-state index is 0.706. The first-order chi connectivity index (χ1) is 10.8.